The van der Waals surface area contributed by atoms with E-state index in [1.54, 1.807) is 12.1 Å². The topological polar surface area (TPSA) is 52.6 Å². The summed E-state index contributed by atoms with van der Waals surface area (Å²) in [6.07, 6.45) is 0. The Morgan fingerprint density at radius 2 is 2.12 bits per heavy atom. The van der Waals surface area contributed by atoms with Gasteiger partial charge in [0, 0.05) is 18.8 Å². The molecule has 4 heteroatoms. The summed E-state index contributed by atoms with van der Waals surface area (Å²) >= 11 is 0. The van der Waals surface area contributed by atoms with Gasteiger partial charge in [0.1, 0.15) is 0 Å². The van der Waals surface area contributed by atoms with Crippen LogP contribution in [0.25, 0.3) is 0 Å². The van der Waals surface area contributed by atoms with Crippen molar-refractivity contribution in [1.82, 2.24) is 4.90 Å². The second-order valence-electron chi connectivity index (χ2n) is 4.08. The van der Waals surface area contributed by atoms with E-state index in [0.29, 0.717) is 11.3 Å². The van der Waals surface area contributed by atoms with Gasteiger partial charge < -0.3 is 15.3 Å². The Kier molecular flexibility index (Phi) is 4.31. The van der Waals surface area contributed by atoms with Gasteiger partial charge in [0.15, 0.2) is 0 Å². The molecule has 0 amide bonds. The smallest absolute Gasteiger partial charge is 0.337 e. The number of likely N-dealkylation sites (N-methyl/N-ethyl adjacent to an activating group) is 1. The summed E-state index contributed by atoms with van der Waals surface area (Å²) in [5, 5.41) is 12.2. The molecular weight excluding hydrogens is 204 g/mol. The molecule has 0 heterocycles. The zero-order valence-corrected chi connectivity index (χ0v) is 9.95. The van der Waals surface area contributed by atoms with E-state index in [1.807, 2.05) is 32.0 Å². The largest absolute Gasteiger partial charge is 0.478 e. The molecule has 2 N–H and O–H groups in total. The quantitative estimate of drug-likeness (QED) is 0.795. The Labute approximate surface area is 95.9 Å². The van der Waals surface area contributed by atoms with E-state index >= 15 is 0 Å². The summed E-state index contributed by atoms with van der Waals surface area (Å²) in [7, 11) is 3.96. The van der Waals surface area contributed by atoms with Crippen molar-refractivity contribution in [1.29, 1.82) is 0 Å². The molecule has 88 valence electrons. The molecule has 0 fully saturated rings. The number of carbonyl (C=O) groups is 1. The van der Waals surface area contributed by atoms with Gasteiger partial charge in [0.05, 0.1) is 5.56 Å². The van der Waals surface area contributed by atoms with Crippen LogP contribution < -0.4 is 5.32 Å². The monoisotopic (exact) mass is 222 g/mol. The molecule has 0 aromatic heterocycles. The number of carboxylic acid groups (broad SMARTS) is 1. The summed E-state index contributed by atoms with van der Waals surface area (Å²) in [5.41, 5.74) is 2.07. The van der Waals surface area contributed by atoms with E-state index < -0.39 is 5.97 Å². The van der Waals surface area contributed by atoms with Crippen LogP contribution in [0.5, 0.6) is 0 Å². The van der Waals surface area contributed by atoms with Crippen molar-refractivity contribution < 1.29 is 9.90 Å². The normalized spacial score (nSPS) is 10.5. The molecule has 0 aliphatic rings. The number of nitrogens with zero attached hydrogens (tertiary/aromatic N) is 1. The van der Waals surface area contributed by atoms with Gasteiger partial charge in [-0.1, -0.05) is 6.07 Å². The van der Waals surface area contributed by atoms with Crippen LogP contribution in [0, 0.1) is 6.92 Å². The van der Waals surface area contributed by atoms with Gasteiger partial charge in [-0.3, -0.25) is 0 Å². The summed E-state index contributed by atoms with van der Waals surface area (Å²) in [6, 6.07) is 5.30. The van der Waals surface area contributed by atoms with Crippen LogP contribution in [0.4, 0.5) is 5.69 Å². The second-order valence-corrected chi connectivity index (χ2v) is 4.08. The Bertz CT molecular complexity index is 375. The van der Waals surface area contributed by atoms with Gasteiger partial charge in [0.2, 0.25) is 0 Å². The van der Waals surface area contributed by atoms with E-state index in [4.69, 9.17) is 5.11 Å². The zero-order valence-electron chi connectivity index (χ0n) is 9.95. The Balaban J connectivity index is 2.76. The summed E-state index contributed by atoms with van der Waals surface area (Å²) in [4.78, 5) is 13.0. The molecule has 16 heavy (non-hydrogen) atoms. The van der Waals surface area contributed by atoms with Crippen molar-refractivity contribution in [2.45, 2.75) is 6.92 Å². The summed E-state index contributed by atoms with van der Waals surface area (Å²) in [6.45, 7) is 3.55. The highest BCUT2D eigenvalue weighted by molar-refractivity contribution is 5.94. The van der Waals surface area contributed by atoms with Gasteiger partial charge in [-0.15, -0.1) is 0 Å². The van der Waals surface area contributed by atoms with Crippen molar-refractivity contribution in [2.75, 3.05) is 32.5 Å². The zero-order chi connectivity index (χ0) is 12.1. The number of aromatic carboxylic acids is 1. The summed E-state index contributed by atoms with van der Waals surface area (Å²) in [5.74, 6) is -0.896. The Hall–Kier alpha value is -1.55. The highest BCUT2D eigenvalue weighted by Crippen LogP contribution is 2.17. The first-order chi connectivity index (χ1) is 7.50. The van der Waals surface area contributed by atoms with Gasteiger partial charge in [-0.05, 0) is 38.7 Å². The molecule has 0 saturated heterocycles. The third-order valence-corrected chi connectivity index (χ3v) is 2.28. The van der Waals surface area contributed by atoms with E-state index in [-0.39, 0.29) is 0 Å². The summed E-state index contributed by atoms with van der Waals surface area (Å²) < 4.78 is 0. The van der Waals surface area contributed by atoms with E-state index in [1.165, 1.54) is 0 Å². The first-order valence-corrected chi connectivity index (χ1v) is 5.23. The average Bonchev–Trinajstić information content (AvgIpc) is 2.16. The first-order valence-electron chi connectivity index (χ1n) is 5.23. The lowest BCUT2D eigenvalue weighted by atomic mass is 10.1. The van der Waals surface area contributed by atoms with Crippen LogP contribution in [-0.2, 0) is 0 Å². The minimum Gasteiger partial charge on any atom is -0.478 e. The van der Waals surface area contributed by atoms with Crippen molar-refractivity contribution in [3.63, 3.8) is 0 Å². The fraction of sp³-hybridized carbons (Fsp3) is 0.417. The number of anilines is 1. The highest BCUT2D eigenvalue weighted by atomic mass is 16.4. The number of aryl methyl sites for hydroxylation is 1. The van der Waals surface area contributed by atoms with E-state index in [2.05, 4.69) is 5.32 Å². The molecule has 1 aromatic rings. The standard InChI is InChI=1S/C12H18N2O2/c1-9-4-5-10(12(15)16)11(8-9)13-6-7-14(2)3/h4-5,8,13H,6-7H2,1-3H3,(H,15,16). The maximum atomic E-state index is 11.0. The fourth-order valence-corrected chi connectivity index (χ4v) is 1.41. The predicted molar refractivity (Wildman–Crippen MR) is 65.2 cm³/mol. The molecule has 0 aliphatic heterocycles. The van der Waals surface area contributed by atoms with Crippen LogP contribution in [0.15, 0.2) is 18.2 Å². The van der Waals surface area contributed by atoms with Crippen LogP contribution in [0.3, 0.4) is 0 Å². The van der Waals surface area contributed by atoms with Crippen LogP contribution in [0.1, 0.15) is 15.9 Å². The molecule has 0 unspecified atom stereocenters. The molecule has 0 saturated carbocycles. The SMILES string of the molecule is Cc1ccc(C(=O)O)c(NCCN(C)C)c1. The molecule has 4 nitrogen and oxygen atoms in total. The molecule has 0 aliphatic carbocycles. The van der Waals surface area contributed by atoms with Gasteiger partial charge >= 0.3 is 5.97 Å². The number of benzene rings is 1. The van der Waals surface area contributed by atoms with Crippen molar-refractivity contribution in [3.8, 4) is 0 Å². The van der Waals surface area contributed by atoms with Gasteiger partial charge in [-0.25, -0.2) is 4.79 Å². The first kappa shape index (κ1) is 12.5. The van der Waals surface area contributed by atoms with Gasteiger partial charge in [-0.2, -0.15) is 0 Å². The number of hydrogen-bond donors (Lipinski definition) is 2. The molecule has 1 aromatic carbocycles. The van der Waals surface area contributed by atoms with Crippen LogP contribution in [0.2, 0.25) is 0 Å². The number of nitrogens with one attached hydrogen (secondary N) is 1. The van der Waals surface area contributed by atoms with Crippen LogP contribution >= 0.6 is 0 Å². The maximum Gasteiger partial charge on any atom is 0.337 e. The van der Waals surface area contributed by atoms with Crippen LogP contribution in [-0.4, -0.2) is 43.2 Å². The molecule has 0 radical (unpaired) electrons. The lowest BCUT2D eigenvalue weighted by Gasteiger charge is -2.13. The Morgan fingerprint density at radius 3 is 2.69 bits per heavy atom. The fourth-order valence-electron chi connectivity index (χ4n) is 1.41. The lowest BCUT2D eigenvalue weighted by Crippen LogP contribution is -2.21. The molecule has 0 bridgehead atoms. The minimum atomic E-state index is -0.896. The minimum absolute atomic E-state index is 0.323. The number of hydrogen-bond acceptors (Lipinski definition) is 3. The molecule has 1 rings (SSSR count). The second kappa shape index (κ2) is 5.51. The van der Waals surface area contributed by atoms with Crippen molar-refractivity contribution in [3.05, 3.63) is 29.3 Å². The average molecular weight is 222 g/mol. The third-order valence-electron chi connectivity index (χ3n) is 2.28. The molecule has 0 spiro atoms. The van der Waals surface area contributed by atoms with E-state index in [9.17, 15) is 4.79 Å². The predicted octanol–water partition coefficient (Wildman–Crippen LogP) is 1.67. The maximum absolute atomic E-state index is 11.0. The van der Waals surface area contributed by atoms with Gasteiger partial charge in [0.25, 0.3) is 0 Å². The number of rotatable bonds is 5. The Morgan fingerprint density at radius 1 is 1.44 bits per heavy atom. The molecular formula is C12H18N2O2. The third kappa shape index (κ3) is 3.55. The van der Waals surface area contributed by atoms with Crippen molar-refractivity contribution in [2.24, 2.45) is 0 Å². The molecule has 0 atom stereocenters. The van der Waals surface area contributed by atoms with Crippen molar-refractivity contribution >= 4 is 11.7 Å². The van der Waals surface area contributed by atoms with E-state index in [0.717, 1.165) is 18.7 Å². The highest BCUT2D eigenvalue weighted by Gasteiger charge is 2.09. The number of carboxylic acids is 1. The lowest BCUT2D eigenvalue weighted by molar-refractivity contribution is 0.0698.